The lowest BCUT2D eigenvalue weighted by atomic mass is 9.67. The van der Waals surface area contributed by atoms with Gasteiger partial charge in [0.25, 0.3) is 0 Å². The predicted molar refractivity (Wildman–Crippen MR) is 285 cm³/mol. The number of benzene rings is 9. The van der Waals surface area contributed by atoms with Gasteiger partial charge in [0.05, 0.1) is 5.41 Å². The maximum atomic E-state index is 6.66. The molecule has 2 heterocycles. The second-order valence-corrected chi connectivity index (χ2v) is 17.5. The van der Waals surface area contributed by atoms with Crippen LogP contribution in [0.2, 0.25) is 0 Å². The van der Waals surface area contributed by atoms with Crippen molar-refractivity contribution in [3.8, 4) is 67.5 Å². The normalized spacial score (nSPS) is 12.9. The van der Waals surface area contributed by atoms with Gasteiger partial charge in [-0.15, -0.1) is 0 Å². The first kappa shape index (κ1) is 41.4. The second-order valence-electron chi connectivity index (χ2n) is 17.5. The second kappa shape index (κ2) is 17.3. The van der Waals surface area contributed by atoms with E-state index in [1.807, 2.05) is 43.4 Å². The molecule has 326 valence electrons. The van der Waals surface area contributed by atoms with Crippen molar-refractivity contribution in [1.29, 1.82) is 0 Å². The third-order valence-electron chi connectivity index (χ3n) is 13.5. The van der Waals surface area contributed by atoms with Crippen LogP contribution in [-0.4, -0.2) is 15.0 Å². The van der Waals surface area contributed by atoms with Crippen molar-refractivity contribution in [3.05, 3.63) is 277 Å². The number of rotatable bonds is 10. The minimum atomic E-state index is -0.505. The maximum absolute atomic E-state index is 6.66. The molecule has 0 fully saturated rings. The van der Waals surface area contributed by atoms with E-state index in [1.54, 1.807) is 0 Å². The minimum Gasteiger partial charge on any atom is -0.456 e. The number of fused-ring (bicyclic) bond motifs is 6. The highest BCUT2D eigenvalue weighted by atomic mass is 16.3. The van der Waals surface area contributed by atoms with Crippen LogP contribution in [-0.2, 0) is 5.41 Å². The SMILES string of the molecule is C=C/C=C(\C=C/C)c1cccc(-c2nc(-c3cccc(-c4ccccc4)c3)nc(-c3cccc4oc5ccc(-c6ccc7c(c6)C(c6ccccc6)(c6ccccc6)c6ccccc6-7)cc5c34)n2)c1. The van der Waals surface area contributed by atoms with Crippen molar-refractivity contribution in [1.82, 2.24) is 15.0 Å². The van der Waals surface area contributed by atoms with Gasteiger partial charge >= 0.3 is 0 Å². The largest absolute Gasteiger partial charge is 0.456 e. The molecule has 4 nitrogen and oxygen atoms in total. The van der Waals surface area contributed by atoms with Crippen LogP contribution < -0.4 is 0 Å². The van der Waals surface area contributed by atoms with Crippen LogP contribution in [0.4, 0.5) is 0 Å². The van der Waals surface area contributed by atoms with Crippen LogP contribution in [0, 0.1) is 0 Å². The third kappa shape index (κ3) is 7.13. The molecule has 0 aliphatic heterocycles. The van der Waals surface area contributed by atoms with Crippen LogP contribution in [0.3, 0.4) is 0 Å². The Balaban J connectivity index is 1.04. The Labute approximate surface area is 402 Å². The first-order valence-corrected chi connectivity index (χ1v) is 23.4. The smallest absolute Gasteiger partial charge is 0.164 e. The van der Waals surface area contributed by atoms with Crippen molar-refractivity contribution in [2.45, 2.75) is 12.3 Å². The summed E-state index contributed by atoms with van der Waals surface area (Å²) in [6.07, 6.45) is 7.95. The van der Waals surface area contributed by atoms with Gasteiger partial charge in [0.1, 0.15) is 11.2 Å². The summed E-state index contributed by atoms with van der Waals surface area (Å²) in [5.41, 5.74) is 17.7. The zero-order valence-electron chi connectivity index (χ0n) is 38.1. The average molecular weight is 884 g/mol. The van der Waals surface area contributed by atoms with Crippen LogP contribution >= 0.6 is 0 Å². The molecule has 2 aromatic heterocycles. The molecule has 0 spiro atoms. The van der Waals surface area contributed by atoms with Gasteiger partial charge in [-0.05, 0) is 110 Å². The standard InChI is InChI=1S/C65H45N3O/c1-3-19-43(20-4-2)45-23-16-25-49(39-45)62-66-63(50-26-17-24-46(40-50)44-21-8-5-9-22-44)68-64(67-62)55-32-18-34-60-61(55)56-41-47(36-38-59(56)69-60)48-35-37-54-53-31-14-15-33-57(53)65(58(54)42-48,51-27-10-6-11-28-51)52-29-12-7-13-30-52/h3-42H,1H2,2H3/b20-4-,43-19+. The minimum absolute atomic E-state index is 0.505. The van der Waals surface area contributed by atoms with Crippen LogP contribution in [0.1, 0.15) is 34.7 Å². The van der Waals surface area contributed by atoms with Gasteiger partial charge in [-0.2, -0.15) is 0 Å². The van der Waals surface area contributed by atoms with Gasteiger partial charge in [-0.1, -0.05) is 213 Å². The van der Waals surface area contributed by atoms with E-state index in [4.69, 9.17) is 19.4 Å². The monoisotopic (exact) mass is 883 g/mol. The number of allylic oxidation sites excluding steroid dienone is 5. The molecule has 0 radical (unpaired) electrons. The highest BCUT2D eigenvalue weighted by Gasteiger charge is 2.46. The van der Waals surface area contributed by atoms with E-state index in [1.165, 1.54) is 33.4 Å². The fraction of sp³-hybridized carbons (Fsp3) is 0.0308. The molecule has 69 heavy (non-hydrogen) atoms. The lowest BCUT2D eigenvalue weighted by molar-refractivity contribution is 0.669. The molecular weight excluding hydrogens is 839 g/mol. The average Bonchev–Trinajstić information content (AvgIpc) is 3.95. The van der Waals surface area contributed by atoms with Crippen molar-refractivity contribution >= 4 is 27.5 Å². The molecule has 0 atom stereocenters. The molecule has 4 heteroatoms. The molecule has 12 rings (SSSR count). The lowest BCUT2D eigenvalue weighted by Gasteiger charge is -2.34. The van der Waals surface area contributed by atoms with Gasteiger partial charge in [-0.25, -0.2) is 15.0 Å². The third-order valence-corrected chi connectivity index (χ3v) is 13.5. The Hall–Kier alpha value is -8.99. The Morgan fingerprint density at radius 3 is 1.75 bits per heavy atom. The maximum Gasteiger partial charge on any atom is 0.164 e. The van der Waals surface area contributed by atoms with Gasteiger partial charge in [-0.3, -0.25) is 0 Å². The number of furan rings is 1. The summed E-state index contributed by atoms with van der Waals surface area (Å²) < 4.78 is 6.66. The molecule has 0 saturated carbocycles. The quantitative estimate of drug-likeness (QED) is 0.128. The molecule has 0 amide bonds. The summed E-state index contributed by atoms with van der Waals surface area (Å²) in [6, 6.07) is 77.6. The summed E-state index contributed by atoms with van der Waals surface area (Å²) in [6.45, 7) is 5.99. The van der Waals surface area contributed by atoms with E-state index in [9.17, 15) is 0 Å². The van der Waals surface area contributed by atoms with Crippen molar-refractivity contribution in [3.63, 3.8) is 0 Å². The Bertz CT molecular complexity index is 3770. The number of aromatic nitrogens is 3. The fourth-order valence-corrected chi connectivity index (χ4v) is 10.4. The summed E-state index contributed by atoms with van der Waals surface area (Å²) in [7, 11) is 0. The molecule has 1 aliphatic rings. The highest BCUT2D eigenvalue weighted by Crippen LogP contribution is 2.57. The van der Waals surface area contributed by atoms with Gasteiger partial charge in [0.15, 0.2) is 17.5 Å². The van der Waals surface area contributed by atoms with Crippen LogP contribution in [0.5, 0.6) is 0 Å². The van der Waals surface area contributed by atoms with Crippen molar-refractivity contribution in [2.24, 2.45) is 0 Å². The number of nitrogens with zero attached hydrogens (tertiary/aromatic N) is 3. The topological polar surface area (TPSA) is 51.8 Å². The Morgan fingerprint density at radius 1 is 0.449 bits per heavy atom. The Morgan fingerprint density at radius 2 is 1.01 bits per heavy atom. The Kier molecular flexibility index (Phi) is 10.4. The molecule has 0 N–H and O–H groups in total. The summed E-state index contributed by atoms with van der Waals surface area (Å²) in [4.78, 5) is 15.8. The van der Waals surface area contributed by atoms with Crippen LogP contribution in [0.15, 0.2) is 254 Å². The summed E-state index contributed by atoms with van der Waals surface area (Å²) >= 11 is 0. The highest BCUT2D eigenvalue weighted by molar-refractivity contribution is 6.13. The zero-order valence-corrected chi connectivity index (χ0v) is 38.1. The van der Waals surface area contributed by atoms with E-state index in [2.05, 4.69) is 213 Å². The van der Waals surface area contributed by atoms with E-state index in [-0.39, 0.29) is 0 Å². The van der Waals surface area contributed by atoms with E-state index in [0.717, 1.165) is 72.0 Å². The van der Waals surface area contributed by atoms with Gasteiger partial charge < -0.3 is 4.42 Å². The predicted octanol–water partition coefficient (Wildman–Crippen LogP) is 16.6. The lowest BCUT2D eigenvalue weighted by Crippen LogP contribution is -2.28. The zero-order chi connectivity index (χ0) is 46.3. The summed E-state index contributed by atoms with van der Waals surface area (Å²) in [5.74, 6) is 1.72. The first-order valence-electron chi connectivity index (χ1n) is 23.4. The molecular formula is C65H45N3O. The molecule has 0 bridgehead atoms. The van der Waals surface area contributed by atoms with E-state index < -0.39 is 5.41 Å². The summed E-state index contributed by atoms with van der Waals surface area (Å²) in [5, 5.41) is 1.94. The van der Waals surface area contributed by atoms with Gasteiger partial charge in [0.2, 0.25) is 0 Å². The number of hydrogen-bond donors (Lipinski definition) is 0. The van der Waals surface area contributed by atoms with Gasteiger partial charge in [0, 0.05) is 27.5 Å². The fourth-order valence-electron chi connectivity index (χ4n) is 10.4. The molecule has 1 aliphatic carbocycles. The first-order chi connectivity index (χ1) is 34.1. The van der Waals surface area contributed by atoms with E-state index >= 15 is 0 Å². The van der Waals surface area contributed by atoms with Crippen molar-refractivity contribution in [2.75, 3.05) is 0 Å². The number of hydrogen-bond acceptors (Lipinski definition) is 4. The van der Waals surface area contributed by atoms with Crippen LogP contribution in [0.25, 0.3) is 95.1 Å². The molecule has 0 saturated heterocycles. The molecule has 0 unspecified atom stereocenters. The van der Waals surface area contributed by atoms with E-state index in [0.29, 0.717) is 17.5 Å². The molecule has 9 aromatic carbocycles. The molecule has 11 aromatic rings. The van der Waals surface area contributed by atoms with Crippen molar-refractivity contribution < 1.29 is 4.42 Å².